The lowest BCUT2D eigenvalue weighted by Crippen LogP contribution is -2.40. The van der Waals surface area contributed by atoms with Crippen LogP contribution in [0, 0.1) is 11.8 Å². The summed E-state index contributed by atoms with van der Waals surface area (Å²) in [5.41, 5.74) is 1.01. The Kier molecular flexibility index (Phi) is 9.53. The summed E-state index contributed by atoms with van der Waals surface area (Å²) in [5.74, 6) is 3.57. The van der Waals surface area contributed by atoms with Gasteiger partial charge in [-0.1, -0.05) is 19.9 Å². The predicted molar refractivity (Wildman–Crippen MR) is 118 cm³/mol. The van der Waals surface area contributed by atoms with E-state index < -0.39 is 0 Å². The molecule has 1 aliphatic heterocycles. The van der Waals surface area contributed by atoms with Crippen LogP contribution in [-0.4, -0.2) is 49.6 Å². The number of nitrogens with one attached hydrogen (secondary N) is 1. The molecule has 0 saturated carbocycles. The van der Waals surface area contributed by atoms with E-state index in [0.29, 0.717) is 6.54 Å². The van der Waals surface area contributed by atoms with Crippen LogP contribution >= 0.6 is 24.0 Å². The third kappa shape index (κ3) is 6.99. The van der Waals surface area contributed by atoms with Crippen molar-refractivity contribution in [1.82, 2.24) is 15.2 Å². The van der Waals surface area contributed by atoms with E-state index in [1.807, 2.05) is 31.1 Å². The van der Waals surface area contributed by atoms with Gasteiger partial charge in [0.1, 0.15) is 5.82 Å². The topological polar surface area (TPSA) is 43.8 Å². The first-order chi connectivity index (χ1) is 11.5. The number of aliphatic imine (C=N–C) groups is 1. The van der Waals surface area contributed by atoms with Crippen molar-refractivity contribution >= 4 is 35.8 Å². The minimum atomic E-state index is 0. The summed E-state index contributed by atoms with van der Waals surface area (Å²) in [5, 5.41) is 3.44. The maximum Gasteiger partial charge on any atom is 0.194 e. The van der Waals surface area contributed by atoms with E-state index in [4.69, 9.17) is 4.99 Å². The largest absolute Gasteiger partial charge is 0.363 e. The summed E-state index contributed by atoms with van der Waals surface area (Å²) in [4.78, 5) is 13.9. The Labute approximate surface area is 170 Å². The average molecular weight is 459 g/mol. The zero-order valence-electron chi connectivity index (χ0n) is 16.3. The molecule has 25 heavy (non-hydrogen) atoms. The van der Waals surface area contributed by atoms with Gasteiger partial charge in [0, 0.05) is 33.7 Å². The highest BCUT2D eigenvalue weighted by molar-refractivity contribution is 14.0. The molecule has 0 radical (unpaired) electrons. The zero-order valence-corrected chi connectivity index (χ0v) is 18.7. The number of nitrogens with zero attached hydrogens (tertiary/aromatic N) is 4. The van der Waals surface area contributed by atoms with Crippen LogP contribution in [0.1, 0.15) is 39.3 Å². The Morgan fingerprint density at radius 1 is 1.40 bits per heavy atom. The number of aromatic nitrogens is 1. The summed E-state index contributed by atoms with van der Waals surface area (Å²) in [6, 6.07) is 6.12. The monoisotopic (exact) mass is 459 g/mol. The molecule has 1 aliphatic rings. The fourth-order valence-electron chi connectivity index (χ4n) is 3.27. The maximum atomic E-state index is 4.83. The van der Waals surface area contributed by atoms with E-state index in [9.17, 15) is 0 Å². The minimum Gasteiger partial charge on any atom is -0.363 e. The summed E-state index contributed by atoms with van der Waals surface area (Å²) < 4.78 is 0. The minimum absolute atomic E-state index is 0. The summed E-state index contributed by atoms with van der Waals surface area (Å²) in [6.07, 6.45) is 2.58. The van der Waals surface area contributed by atoms with E-state index in [1.54, 1.807) is 0 Å². The molecular formula is C19H34IN5. The Morgan fingerprint density at radius 3 is 2.80 bits per heavy atom. The molecule has 1 N–H and O–H groups in total. The van der Waals surface area contributed by atoms with Gasteiger partial charge in [0.05, 0.1) is 12.2 Å². The van der Waals surface area contributed by atoms with Gasteiger partial charge in [0.25, 0.3) is 0 Å². The number of guanidine groups is 1. The average Bonchev–Trinajstić information content (AvgIpc) is 2.99. The molecule has 0 aliphatic carbocycles. The zero-order chi connectivity index (χ0) is 17.5. The van der Waals surface area contributed by atoms with Crippen molar-refractivity contribution in [3.8, 4) is 0 Å². The van der Waals surface area contributed by atoms with Gasteiger partial charge in [0.2, 0.25) is 0 Å². The lowest BCUT2D eigenvalue weighted by molar-refractivity contribution is 0.403. The summed E-state index contributed by atoms with van der Waals surface area (Å²) in [6.45, 7) is 10.5. The molecule has 2 heterocycles. The standard InChI is InChI=1S/C19H33N5.HI/c1-6-20-19(24-11-10-16(14-24)12-15(2)3)21-13-17-8-7-9-18(22-17)23(4)5;/h7-9,15-16H,6,10-14H2,1-5H3,(H,20,21);1H. The van der Waals surface area contributed by atoms with Crippen LogP contribution in [0.15, 0.2) is 23.2 Å². The molecule has 6 heteroatoms. The van der Waals surface area contributed by atoms with Crippen LogP contribution in [-0.2, 0) is 6.54 Å². The van der Waals surface area contributed by atoms with Crippen LogP contribution in [0.25, 0.3) is 0 Å². The fourth-order valence-corrected chi connectivity index (χ4v) is 3.27. The Balaban J connectivity index is 0.00000312. The second kappa shape index (κ2) is 10.8. The Morgan fingerprint density at radius 2 is 2.16 bits per heavy atom. The molecule has 0 bridgehead atoms. The van der Waals surface area contributed by atoms with Gasteiger partial charge in [-0.2, -0.15) is 0 Å². The quantitative estimate of drug-likeness (QED) is 0.401. The number of pyridine rings is 1. The molecule has 5 nitrogen and oxygen atoms in total. The molecule has 1 atom stereocenters. The molecule has 1 aromatic heterocycles. The van der Waals surface area contributed by atoms with Gasteiger partial charge < -0.3 is 15.1 Å². The van der Waals surface area contributed by atoms with Gasteiger partial charge in [-0.3, -0.25) is 0 Å². The van der Waals surface area contributed by atoms with Crippen LogP contribution in [0.3, 0.4) is 0 Å². The smallest absolute Gasteiger partial charge is 0.194 e. The first-order valence-electron chi connectivity index (χ1n) is 9.16. The molecule has 1 fully saturated rings. The van der Waals surface area contributed by atoms with Crippen LogP contribution in [0.2, 0.25) is 0 Å². The molecule has 0 amide bonds. The summed E-state index contributed by atoms with van der Waals surface area (Å²) in [7, 11) is 4.02. The van der Waals surface area contributed by atoms with Gasteiger partial charge in [-0.05, 0) is 43.7 Å². The molecule has 1 unspecified atom stereocenters. The van der Waals surface area contributed by atoms with Crippen LogP contribution in [0.4, 0.5) is 5.82 Å². The highest BCUT2D eigenvalue weighted by Crippen LogP contribution is 2.23. The van der Waals surface area contributed by atoms with Crippen molar-refractivity contribution in [2.75, 3.05) is 38.6 Å². The molecule has 2 rings (SSSR count). The van der Waals surface area contributed by atoms with Crippen molar-refractivity contribution in [1.29, 1.82) is 0 Å². The van der Waals surface area contributed by atoms with E-state index in [2.05, 4.69) is 42.0 Å². The van der Waals surface area contributed by atoms with E-state index in [1.165, 1.54) is 12.8 Å². The van der Waals surface area contributed by atoms with Gasteiger partial charge in [-0.15, -0.1) is 24.0 Å². The van der Waals surface area contributed by atoms with Crippen molar-refractivity contribution in [3.63, 3.8) is 0 Å². The third-order valence-corrected chi connectivity index (χ3v) is 4.37. The second-order valence-electron chi connectivity index (χ2n) is 7.28. The van der Waals surface area contributed by atoms with Crippen molar-refractivity contribution in [2.45, 2.75) is 40.2 Å². The van der Waals surface area contributed by atoms with Gasteiger partial charge in [-0.25, -0.2) is 9.98 Å². The molecular weight excluding hydrogens is 425 g/mol. The van der Waals surface area contributed by atoms with Crippen molar-refractivity contribution < 1.29 is 0 Å². The highest BCUT2D eigenvalue weighted by atomic mass is 127. The van der Waals surface area contributed by atoms with E-state index >= 15 is 0 Å². The van der Waals surface area contributed by atoms with Gasteiger partial charge >= 0.3 is 0 Å². The molecule has 1 saturated heterocycles. The molecule has 0 spiro atoms. The lowest BCUT2D eigenvalue weighted by atomic mass is 9.97. The number of rotatable bonds is 6. The number of anilines is 1. The fraction of sp³-hybridized carbons (Fsp3) is 0.684. The number of hydrogen-bond acceptors (Lipinski definition) is 3. The second-order valence-corrected chi connectivity index (χ2v) is 7.28. The van der Waals surface area contributed by atoms with E-state index in [0.717, 1.165) is 48.9 Å². The lowest BCUT2D eigenvalue weighted by Gasteiger charge is -2.22. The Hall–Kier alpha value is -1.05. The third-order valence-electron chi connectivity index (χ3n) is 4.37. The maximum absolute atomic E-state index is 4.83. The van der Waals surface area contributed by atoms with Gasteiger partial charge in [0.15, 0.2) is 5.96 Å². The van der Waals surface area contributed by atoms with Crippen molar-refractivity contribution in [2.24, 2.45) is 16.8 Å². The normalized spacial score (nSPS) is 17.6. The summed E-state index contributed by atoms with van der Waals surface area (Å²) >= 11 is 0. The molecule has 142 valence electrons. The Bertz CT molecular complexity index is 544. The SMILES string of the molecule is CCNC(=NCc1cccc(N(C)C)n1)N1CCC(CC(C)C)C1.I. The highest BCUT2D eigenvalue weighted by Gasteiger charge is 2.25. The van der Waals surface area contributed by atoms with Crippen LogP contribution < -0.4 is 10.2 Å². The molecule has 0 aromatic carbocycles. The first kappa shape index (κ1) is 22.0. The number of hydrogen-bond donors (Lipinski definition) is 1. The predicted octanol–water partition coefficient (Wildman–Crippen LogP) is 3.60. The number of halogens is 1. The van der Waals surface area contributed by atoms with E-state index in [-0.39, 0.29) is 24.0 Å². The van der Waals surface area contributed by atoms with Crippen LogP contribution in [0.5, 0.6) is 0 Å². The number of likely N-dealkylation sites (tertiary alicyclic amines) is 1. The van der Waals surface area contributed by atoms with Crippen molar-refractivity contribution in [3.05, 3.63) is 23.9 Å². The first-order valence-corrected chi connectivity index (χ1v) is 9.16. The molecule has 1 aromatic rings.